The fraction of sp³-hybridized carbons (Fsp3) is 0.600. The lowest BCUT2D eigenvalue weighted by atomic mass is 10.1. The van der Waals surface area contributed by atoms with E-state index in [1.165, 1.54) is 17.8 Å². The molecule has 0 bridgehead atoms. The van der Waals surface area contributed by atoms with Crippen LogP contribution in [-0.2, 0) is 12.7 Å². The first-order chi connectivity index (χ1) is 9.34. The number of thioether (sulfide) groups is 1. The summed E-state index contributed by atoms with van der Waals surface area (Å²) >= 11 is 1.49. The monoisotopic (exact) mass is 305 g/mol. The minimum Gasteiger partial charge on any atom is -0.310 e. The maximum atomic E-state index is 13.1. The van der Waals surface area contributed by atoms with Gasteiger partial charge in [0.2, 0.25) is 0 Å². The molecule has 1 N–H and O–H groups in total. The standard InChI is InChI=1S/C15H22F3NS/c1-4-5-8-20-13-7-6-12(10-19-11(2)3)14(9-13)15(16,17)18/h6-7,9,11,19H,4-5,8,10H2,1-3H3. The summed E-state index contributed by atoms with van der Waals surface area (Å²) in [4.78, 5) is 0.694. The van der Waals surface area contributed by atoms with E-state index in [-0.39, 0.29) is 12.6 Å². The Morgan fingerprint density at radius 1 is 1.25 bits per heavy atom. The van der Waals surface area contributed by atoms with Crippen LogP contribution in [0.25, 0.3) is 0 Å². The Kier molecular flexibility index (Phi) is 6.89. The van der Waals surface area contributed by atoms with Crippen molar-refractivity contribution in [3.05, 3.63) is 29.3 Å². The van der Waals surface area contributed by atoms with E-state index in [2.05, 4.69) is 12.2 Å². The summed E-state index contributed by atoms with van der Waals surface area (Å²) in [5, 5.41) is 3.04. The van der Waals surface area contributed by atoms with Crippen molar-refractivity contribution in [3.8, 4) is 0 Å². The number of rotatable bonds is 7. The third-order valence-electron chi connectivity index (χ3n) is 2.85. The molecule has 20 heavy (non-hydrogen) atoms. The molecule has 0 fully saturated rings. The third kappa shape index (κ3) is 5.75. The van der Waals surface area contributed by atoms with Crippen LogP contribution in [-0.4, -0.2) is 11.8 Å². The quantitative estimate of drug-likeness (QED) is 0.556. The normalized spacial score (nSPS) is 12.2. The average molecular weight is 305 g/mol. The fourth-order valence-corrected chi connectivity index (χ4v) is 2.75. The molecule has 0 atom stereocenters. The van der Waals surface area contributed by atoms with E-state index in [1.807, 2.05) is 13.8 Å². The van der Waals surface area contributed by atoms with Gasteiger partial charge < -0.3 is 5.32 Å². The first-order valence-corrected chi connectivity index (χ1v) is 7.89. The van der Waals surface area contributed by atoms with Gasteiger partial charge in [0.25, 0.3) is 0 Å². The van der Waals surface area contributed by atoms with E-state index in [0.717, 1.165) is 18.6 Å². The van der Waals surface area contributed by atoms with E-state index in [4.69, 9.17) is 0 Å². The SMILES string of the molecule is CCCCSc1ccc(CNC(C)C)c(C(F)(F)F)c1. The van der Waals surface area contributed by atoms with Gasteiger partial charge in [-0.05, 0) is 29.9 Å². The second-order valence-corrected chi connectivity index (χ2v) is 6.22. The van der Waals surface area contributed by atoms with Gasteiger partial charge in [0.1, 0.15) is 0 Å². The lowest BCUT2D eigenvalue weighted by Crippen LogP contribution is -2.23. The van der Waals surface area contributed by atoms with Gasteiger partial charge in [0.05, 0.1) is 5.56 Å². The predicted octanol–water partition coefficient (Wildman–Crippen LogP) is 5.10. The van der Waals surface area contributed by atoms with Crippen LogP contribution in [0.5, 0.6) is 0 Å². The molecule has 0 unspecified atom stereocenters. The van der Waals surface area contributed by atoms with Crippen LogP contribution in [0.15, 0.2) is 23.1 Å². The second kappa shape index (κ2) is 7.93. The molecule has 1 nitrogen and oxygen atoms in total. The van der Waals surface area contributed by atoms with Crippen LogP contribution in [0.1, 0.15) is 44.7 Å². The zero-order valence-electron chi connectivity index (χ0n) is 12.2. The van der Waals surface area contributed by atoms with Gasteiger partial charge in [0.15, 0.2) is 0 Å². The molecule has 1 aromatic carbocycles. The van der Waals surface area contributed by atoms with Crippen molar-refractivity contribution in [1.29, 1.82) is 0 Å². The Morgan fingerprint density at radius 3 is 2.50 bits per heavy atom. The summed E-state index contributed by atoms with van der Waals surface area (Å²) in [5.74, 6) is 0.859. The van der Waals surface area contributed by atoms with Crippen molar-refractivity contribution in [2.75, 3.05) is 5.75 Å². The minimum atomic E-state index is -4.30. The number of halogens is 3. The molecule has 0 aromatic heterocycles. The number of benzene rings is 1. The molecule has 114 valence electrons. The first kappa shape index (κ1) is 17.4. The zero-order valence-corrected chi connectivity index (χ0v) is 13.0. The average Bonchev–Trinajstić information content (AvgIpc) is 2.36. The lowest BCUT2D eigenvalue weighted by Gasteiger charge is -2.16. The molecule has 1 aromatic rings. The molecule has 0 saturated carbocycles. The molecule has 0 aliphatic carbocycles. The highest BCUT2D eigenvalue weighted by Crippen LogP contribution is 2.35. The molecule has 0 amide bonds. The zero-order chi connectivity index (χ0) is 15.2. The van der Waals surface area contributed by atoms with E-state index in [9.17, 15) is 13.2 Å². The Labute approximate surface area is 123 Å². The van der Waals surface area contributed by atoms with Crippen LogP contribution in [0.2, 0.25) is 0 Å². The van der Waals surface area contributed by atoms with E-state index in [0.29, 0.717) is 10.5 Å². The molecule has 1 rings (SSSR count). The van der Waals surface area contributed by atoms with Crippen LogP contribution < -0.4 is 5.32 Å². The Morgan fingerprint density at radius 2 is 1.95 bits per heavy atom. The van der Waals surface area contributed by atoms with Gasteiger partial charge in [-0.1, -0.05) is 33.3 Å². The van der Waals surface area contributed by atoms with Crippen LogP contribution in [0, 0.1) is 0 Å². The summed E-state index contributed by atoms with van der Waals surface area (Å²) in [6.07, 6.45) is -2.23. The maximum absolute atomic E-state index is 13.1. The Hall–Kier alpha value is -0.680. The predicted molar refractivity (Wildman–Crippen MR) is 79.1 cm³/mol. The molecule has 0 heterocycles. The summed E-state index contributed by atoms with van der Waals surface area (Å²) < 4.78 is 39.3. The van der Waals surface area contributed by atoms with E-state index >= 15 is 0 Å². The smallest absolute Gasteiger partial charge is 0.310 e. The van der Waals surface area contributed by atoms with Crippen molar-refractivity contribution >= 4 is 11.8 Å². The van der Waals surface area contributed by atoms with Crippen molar-refractivity contribution in [2.45, 2.75) is 57.3 Å². The highest BCUT2D eigenvalue weighted by Gasteiger charge is 2.33. The third-order valence-corrected chi connectivity index (χ3v) is 3.93. The van der Waals surface area contributed by atoms with E-state index < -0.39 is 11.7 Å². The summed E-state index contributed by atoms with van der Waals surface area (Å²) in [6.45, 7) is 6.15. The molecule has 5 heteroatoms. The summed E-state index contributed by atoms with van der Waals surface area (Å²) in [7, 11) is 0. The maximum Gasteiger partial charge on any atom is 0.416 e. The van der Waals surface area contributed by atoms with Crippen LogP contribution in [0.3, 0.4) is 0 Å². The summed E-state index contributed by atoms with van der Waals surface area (Å²) in [6, 6.07) is 4.81. The van der Waals surface area contributed by atoms with Gasteiger partial charge >= 0.3 is 6.18 Å². The molecule has 0 aliphatic heterocycles. The molecule has 0 saturated heterocycles. The lowest BCUT2D eigenvalue weighted by molar-refractivity contribution is -0.138. The molecule has 0 spiro atoms. The highest BCUT2D eigenvalue weighted by atomic mass is 32.2. The number of hydrogen-bond acceptors (Lipinski definition) is 2. The first-order valence-electron chi connectivity index (χ1n) is 6.91. The molecule has 0 radical (unpaired) electrons. The Balaban J connectivity index is 2.89. The van der Waals surface area contributed by atoms with Crippen molar-refractivity contribution in [1.82, 2.24) is 5.32 Å². The highest BCUT2D eigenvalue weighted by molar-refractivity contribution is 7.99. The number of unbranched alkanes of at least 4 members (excludes halogenated alkanes) is 1. The van der Waals surface area contributed by atoms with Crippen molar-refractivity contribution < 1.29 is 13.2 Å². The number of alkyl halides is 3. The largest absolute Gasteiger partial charge is 0.416 e. The van der Waals surface area contributed by atoms with Gasteiger partial charge in [-0.3, -0.25) is 0 Å². The topological polar surface area (TPSA) is 12.0 Å². The van der Waals surface area contributed by atoms with Crippen molar-refractivity contribution in [3.63, 3.8) is 0 Å². The van der Waals surface area contributed by atoms with Gasteiger partial charge in [-0.2, -0.15) is 13.2 Å². The molecule has 0 aliphatic rings. The number of hydrogen-bond donors (Lipinski definition) is 1. The molecular weight excluding hydrogens is 283 g/mol. The van der Waals surface area contributed by atoms with Gasteiger partial charge in [-0.25, -0.2) is 0 Å². The fourth-order valence-electron chi connectivity index (χ4n) is 1.71. The van der Waals surface area contributed by atoms with Crippen LogP contribution >= 0.6 is 11.8 Å². The van der Waals surface area contributed by atoms with Crippen LogP contribution in [0.4, 0.5) is 13.2 Å². The Bertz CT molecular complexity index is 416. The second-order valence-electron chi connectivity index (χ2n) is 5.05. The number of nitrogens with one attached hydrogen (secondary N) is 1. The summed E-state index contributed by atoms with van der Waals surface area (Å²) in [5.41, 5.74) is -0.210. The van der Waals surface area contributed by atoms with Gasteiger partial charge in [0, 0.05) is 17.5 Å². The minimum absolute atomic E-state index is 0.162. The van der Waals surface area contributed by atoms with E-state index in [1.54, 1.807) is 12.1 Å². The molecular formula is C15H22F3NS. The van der Waals surface area contributed by atoms with Crippen molar-refractivity contribution in [2.24, 2.45) is 0 Å². The van der Waals surface area contributed by atoms with Gasteiger partial charge in [-0.15, -0.1) is 11.8 Å².